The average molecular weight is 291 g/mol. The number of hydrogen-bond acceptors (Lipinski definition) is 5. The van der Waals surface area contributed by atoms with Crippen molar-refractivity contribution < 1.29 is 22.7 Å². The summed E-state index contributed by atoms with van der Waals surface area (Å²) in [5.41, 5.74) is 0. The summed E-state index contributed by atoms with van der Waals surface area (Å²) in [6.07, 6.45) is 1.63. The molecule has 0 aromatic carbocycles. The Bertz CT molecular complexity index is 431. The molecule has 1 atom stereocenters. The van der Waals surface area contributed by atoms with E-state index in [1.54, 1.807) is 0 Å². The number of esters is 1. The largest absolute Gasteiger partial charge is 0.469 e. The number of carbonyl (C=O) groups is 2. The second-order valence-corrected chi connectivity index (χ2v) is 6.95. The summed E-state index contributed by atoms with van der Waals surface area (Å²) >= 11 is 0. The van der Waals surface area contributed by atoms with E-state index in [1.165, 1.54) is 12.0 Å². The van der Waals surface area contributed by atoms with E-state index >= 15 is 0 Å². The summed E-state index contributed by atoms with van der Waals surface area (Å²) in [6.45, 7) is 2.12. The van der Waals surface area contributed by atoms with Crippen LogP contribution in [0.5, 0.6) is 0 Å². The Hall–Kier alpha value is -1.11. The van der Waals surface area contributed by atoms with Gasteiger partial charge < -0.3 is 9.64 Å². The lowest BCUT2D eigenvalue weighted by atomic mass is 10.2. The highest BCUT2D eigenvalue weighted by Crippen LogP contribution is 2.19. The lowest BCUT2D eigenvalue weighted by molar-refractivity contribution is -0.142. The van der Waals surface area contributed by atoms with Crippen molar-refractivity contribution in [2.45, 2.75) is 38.6 Å². The molecular formula is C12H21NO5S. The zero-order chi connectivity index (χ0) is 14.5. The molecule has 0 spiro atoms. The predicted molar refractivity (Wildman–Crippen MR) is 70.3 cm³/mol. The van der Waals surface area contributed by atoms with E-state index in [-0.39, 0.29) is 36.4 Å². The van der Waals surface area contributed by atoms with Crippen LogP contribution in [0.2, 0.25) is 0 Å². The summed E-state index contributed by atoms with van der Waals surface area (Å²) < 4.78 is 27.5. The van der Waals surface area contributed by atoms with E-state index in [4.69, 9.17) is 0 Å². The molecular weight excluding hydrogens is 270 g/mol. The van der Waals surface area contributed by atoms with Gasteiger partial charge in [0.2, 0.25) is 5.91 Å². The maximum absolute atomic E-state index is 12.0. The zero-order valence-electron chi connectivity index (χ0n) is 11.4. The molecule has 0 radical (unpaired) electrons. The first-order valence-corrected chi connectivity index (χ1v) is 8.28. The molecule has 1 saturated heterocycles. The summed E-state index contributed by atoms with van der Waals surface area (Å²) in [5, 5.41) is 0. The molecule has 1 aliphatic rings. The van der Waals surface area contributed by atoms with Gasteiger partial charge in [0.15, 0.2) is 9.84 Å². The Morgan fingerprint density at radius 2 is 2.00 bits per heavy atom. The van der Waals surface area contributed by atoms with Crippen LogP contribution in [0, 0.1) is 0 Å². The topological polar surface area (TPSA) is 80.8 Å². The van der Waals surface area contributed by atoms with Gasteiger partial charge >= 0.3 is 5.97 Å². The standard InChI is InChI=1S/C12H21NO5S/c1-3-4-11(14)13(7-5-12(15)18-2)10-6-8-19(16,17)9-10/h10H,3-9H2,1-2H3/t10-/m0/s1. The maximum Gasteiger partial charge on any atom is 0.307 e. The summed E-state index contributed by atoms with van der Waals surface area (Å²) in [6, 6.07) is -0.297. The fraction of sp³-hybridized carbons (Fsp3) is 0.833. The van der Waals surface area contributed by atoms with Gasteiger partial charge in [0.1, 0.15) is 0 Å². The van der Waals surface area contributed by atoms with Gasteiger partial charge in [-0.2, -0.15) is 0 Å². The highest BCUT2D eigenvalue weighted by atomic mass is 32.2. The van der Waals surface area contributed by atoms with Gasteiger partial charge in [-0.3, -0.25) is 9.59 Å². The van der Waals surface area contributed by atoms with Gasteiger partial charge in [-0.05, 0) is 12.8 Å². The monoisotopic (exact) mass is 291 g/mol. The molecule has 0 aromatic rings. The number of carbonyl (C=O) groups excluding carboxylic acids is 2. The molecule has 0 aromatic heterocycles. The van der Waals surface area contributed by atoms with Crippen LogP contribution >= 0.6 is 0 Å². The van der Waals surface area contributed by atoms with Gasteiger partial charge in [-0.15, -0.1) is 0 Å². The first-order chi connectivity index (χ1) is 8.89. The third-order valence-electron chi connectivity index (χ3n) is 3.22. The minimum Gasteiger partial charge on any atom is -0.469 e. The fourth-order valence-corrected chi connectivity index (χ4v) is 3.93. The highest BCUT2D eigenvalue weighted by molar-refractivity contribution is 7.91. The van der Waals surface area contributed by atoms with Crippen molar-refractivity contribution in [3.63, 3.8) is 0 Å². The highest BCUT2D eigenvalue weighted by Gasteiger charge is 2.34. The number of hydrogen-bond donors (Lipinski definition) is 0. The molecule has 0 unspecified atom stereocenters. The molecule has 1 heterocycles. The first kappa shape index (κ1) is 15.9. The Morgan fingerprint density at radius 3 is 2.47 bits per heavy atom. The van der Waals surface area contributed by atoms with E-state index < -0.39 is 15.8 Å². The Balaban J connectivity index is 2.69. The van der Waals surface area contributed by atoms with Gasteiger partial charge in [0.25, 0.3) is 0 Å². The molecule has 1 amide bonds. The molecule has 19 heavy (non-hydrogen) atoms. The smallest absolute Gasteiger partial charge is 0.307 e. The molecule has 0 saturated carbocycles. The number of amides is 1. The average Bonchev–Trinajstić information content (AvgIpc) is 2.70. The van der Waals surface area contributed by atoms with Crippen molar-refractivity contribution in [2.24, 2.45) is 0 Å². The molecule has 1 fully saturated rings. The second kappa shape index (κ2) is 6.88. The molecule has 1 rings (SSSR count). The van der Waals surface area contributed by atoms with Crippen molar-refractivity contribution in [3.05, 3.63) is 0 Å². The van der Waals surface area contributed by atoms with E-state index in [9.17, 15) is 18.0 Å². The summed E-state index contributed by atoms with van der Waals surface area (Å²) in [4.78, 5) is 24.7. The van der Waals surface area contributed by atoms with Crippen molar-refractivity contribution in [1.82, 2.24) is 4.90 Å². The van der Waals surface area contributed by atoms with Crippen LogP contribution in [0.4, 0.5) is 0 Å². The Kier molecular flexibility index (Phi) is 5.78. The minimum absolute atomic E-state index is 0.00360. The van der Waals surface area contributed by atoms with Gasteiger partial charge in [0.05, 0.1) is 25.0 Å². The number of rotatable bonds is 6. The molecule has 1 aliphatic heterocycles. The second-order valence-electron chi connectivity index (χ2n) is 4.72. The van der Waals surface area contributed by atoms with Crippen LogP contribution in [0.25, 0.3) is 0 Å². The predicted octanol–water partition coefficient (Wildman–Crippen LogP) is 0.365. The number of sulfone groups is 1. The van der Waals surface area contributed by atoms with E-state index in [2.05, 4.69) is 4.74 Å². The molecule has 6 nitrogen and oxygen atoms in total. The molecule has 7 heteroatoms. The van der Waals surface area contributed by atoms with Crippen LogP contribution in [0.3, 0.4) is 0 Å². The third kappa shape index (κ3) is 4.81. The van der Waals surface area contributed by atoms with Crippen LogP contribution in [-0.2, 0) is 24.2 Å². The SMILES string of the molecule is CCCC(=O)N(CCC(=O)OC)[C@H]1CCS(=O)(=O)C1. The van der Waals surface area contributed by atoms with Gasteiger partial charge in [-0.1, -0.05) is 6.92 Å². The maximum atomic E-state index is 12.0. The Labute approximate surface area is 114 Å². The molecule has 110 valence electrons. The van der Waals surface area contributed by atoms with Crippen LogP contribution in [0.15, 0.2) is 0 Å². The summed E-state index contributed by atoms with van der Waals surface area (Å²) in [5.74, 6) is -0.362. The quantitative estimate of drug-likeness (QED) is 0.660. The molecule has 0 bridgehead atoms. The minimum atomic E-state index is -3.04. The zero-order valence-corrected chi connectivity index (χ0v) is 12.2. The van der Waals surface area contributed by atoms with Crippen LogP contribution in [-0.4, -0.2) is 56.4 Å². The normalized spacial score (nSPS) is 21.1. The van der Waals surface area contributed by atoms with Crippen molar-refractivity contribution in [2.75, 3.05) is 25.2 Å². The first-order valence-electron chi connectivity index (χ1n) is 6.46. The summed E-state index contributed by atoms with van der Waals surface area (Å²) in [7, 11) is -1.75. The van der Waals surface area contributed by atoms with E-state index in [0.717, 1.165) is 0 Å². The van der Waals surface area contributed by atoms with Gasteiger partial charge in [0, 0.05) is 19.0 Å². The van der Waals surface area contributed by atoms with Crippen molar-refractivity contribution >= 4 is 21.7 Å². The van der Waals surface area contributed by atoms with E-state index in [0.29, 0.717) is 19.3 Å². The molecule has 0 N–H and O–H groups in total. The third-order valence-corrected chi connectivity index (χ3v) is 4.97. The lowest BCUT2D eigenvalue weighted by Crippen LogP contribution is -2.42. The van der Waals surface area contributed by atoms with E-state index in [1.807, 2.05) is 6.92 Å². The number of methoxy groups -OCH3 is 1. The van der Waals surface area contributed by atoms with Crippen LogP contribution in [0.1, 0.15) is 32.6 Å². The van der Waals surface area contributed by atoms with Crippen LogP contribution < -0.4 is 0 Å². The number of nitrogens with zero attached hydrogens (tertiary/aromatic N) is 1. The lowest BCUT2D eigenvalue weighted by Gasteiger charge is -2.28. The Morgan fingerprint density at radius 1 is 1.32 bits per heavy atom. The molecule has 0 aliphatic carbocycles. The fourth-order valence-electron chi connectivity index (χ4n) is 2.20. The van der Waals surface area contributed by atoms with Crippen molar-refractivity contribution in [3.8, 4) is 0 Å². The number of ether oxygens (including phenoxy) is 1. The van der Waals surface area contributed by atoms with Crippen molar-refractivity contribution in [1.29, 1.82) is 0 Å². The van der Waals surface area contributed by atoms with Gasteiger partial charge in [-0.25, -0.2) is 8.42 Å².